The Bertz CT molecular complexity index is 928. The van der Waals surface area contributed by atoms with Gasteiger partial charge in [-0.1, -0.05) is 17.7 Å². The number of carbonyl (C=O) groups excluding carboxylic acids is 1. The molecule has 1 amide bonds. The molecule has 8 heteroatoms. The number of rotatable bonds is 4. The van der Waals surface area contributed by atoms with E-state index in [0.717, 1.165) is 23.3 Å². The van der Waals surface area contributed by atoms with Gasteiger partial charge in [0.05, 0.1) is 6.61 Å². The zero-order chi connectivity index (χ0) is 17.9. The predicted octanol–water partition coefficient (Wildman–Crippen LogP) is 3.42. The van der Waals surface area contributed by atoms with Gasteiger partial charge in [0.1, 0.15) is 5.75 Å². The average Bonchev–Trinajstić information content (AvgIpc) is 3.11. The maximum absolute atomic E-state index is 12.4. The lowest BCUT2D eigenvalue weighted by Crippen LogP contribution is -2.21. The SMILES string of the molecule is O=C(CC1CCOc2cc(Cl)ccc21)Nc1n[nH]c(-c2ccncc2)n1. The molecule has 0 radical (unpaired) electrons. The Morgan fingerprint density at radius 2 is 2.15 bits per heavy atom. The summed E-state index contributed by atoms with van der Waals surface area (Å²) in [5.74, 6) is 1.52. The number of aromatic amines is 1. The second kappa shape index (κ2) is 7.13. The second-order valence-electron chi connectivity index (χ2n) is 6.01. The number of fused-ring (bicyclic) bond motifs is 1. The minimum atomic E-state index is -0.141. The molecule has 1 aliphatic heterocycles. The Hall–Kier alpha value is -2.93. The smallest absolute Gasteiger partial charge is 0.249 e. The Morgan fingerprint density at radius 3 is 3.00 bits per heavy atom. The van der Waals surface area contributed by atoms with Crippen LogP contribution in [0.15, 0.2) is 42.7 Å². The first kappa shape index (κ1) is 16.5. The van der Waals surface area contributed by atoms with Crippen LogP contribution in [-0.4, -0.2) is 32.7 Å². The number of hydrogen-bond acceptors (Lipinski definition) is 5. The fraction of sp³-hybridized carbons (Fsp3) is 0.222. The van der Waals surface area contributed by atoms with Crippen LogP contribution in [0.25, 0.3) is 11.4 Å². The van der Waals surface area contributed by atoms with Crippen molar-refractivity contribution in [1.82, 2.24) is 20.2 Å². The van der Waals surface area contributed by atoms with Gasteiger partial charge in [-0.3, -0.25) is 20.2 Å². The van der Waals surface area contributed by atoms with Gasteiger partial charge < -0.3 is 4.74 Å². The van der Waals surface area contributed by atoms with Crippen molar-refractivity contribution in [3.05, 3.63) is 53.3 Å². The number of ether oxygens (including phenoxy) is 1. The van der Waals surface area contributed by atoms with Crippen molar-refractivity contribution < 1.29 is 9.53 Å². The van der Waals surface area contributed by atoms with Gasteiger partial charge in [0.15, 0.2) is 5.82 Å². The van der Waals surface area contributed by atoms with E-state index < -0.39 is 0 Å². The lowest BCUT2D eigenvalue weighted by molar-refractivity contribution is -0.116. The number of pyridine rings is 1. The molecule has 0 spiro atoms. The van der Waals surface area contributed by atoms with Crippen molar-refractivity contribution in [1.29, 1.82) is 0 Å². The zero-order valence-electron chi connectivity index (χ0n) is 13.8. The fourth-order valence-electron chi connectivity index (χ4n) is 3.01. The van der Waals surface area contributed by atoms with E-state index in [-0.39, 0.29) is 17.8 Å². The summed E-state index contributed by atoms with van der Waals surface area (Å²) in [7, 11) is 0. The first-order valence-corrected chi connectivity index (χ1v) is 8.62. The number of nitrogens with zero attached hydrogens (tertiary/aromatic N) is 3. The molecule has 3 heterocycles. The summed E-state index contributed by atoms with van der Waals surface area (Å²) in [6.45, 7) is 0.568. The first-order chi connectivity index (χ1) is 12.7. The summed E-state index contributed by atoms with van der Waals surface area (Å²) in [6.07, 6.45) is 4.45. The normalized spacial score (nSPS) is 15.8. The molecule has 132 valence electrons. The highest BCUT2D eigenvalue weighted by molar-refractivity contribution is 6.30. The molecule has 2 aromatic heterocycles. The lowest BCUT2D eigenvalue weighted by Gasteiger charge is -2.25. The molecule has 0 saturated carbocycles. The van der Waals surface area contributed by atoms with Gasteiger partial charge in [0.2, 0.25) is 11.9 Å². The van der Waals surface area contributed by atoms with Crippen molar-refractivity contribution in [3.63, 3.8) is 0 Å². The molecule has 26 heavy (non-hydrogen) atoms. The highest BCUT2D eigenvalue weighted by Crippen LogP contribution is 2.37. The number of H-pyrrole nitrogens is 1. The molecule has 0 saturated heterocycles. The minimum Gasteiger partial charge on any atom is -0.493 e. The van der Waals surface area contributed by atoms with E-state index in [9.17, 15) is 4.79 Å². The second-order valence-corrected chi connectivity index (χ2v) is 6.45. The molecule has 0 bridgehead atoms. The van der Waals surface area contributed by atoms with Crippen molar-refractivity contribution in [2.24, 2.45) is 0 Å². The average molecular weight is 370 g/mol. The van der Waals surface area contributed by atoms with Crippen LogP contribution in [0.4, 0.5) is 5.95 Å². The number of hydrogen-bond donors (Lipinski definition) is 2. The number of benzene rings is 1. The van der Waals surface area contributed by atoms with Gasteiger partial charge in [0, 0.05) is 29.4 Å². The van der Waals surface area contributed by atoms with Crippen LogP contribution in [0.3, 0.4) is 0 Å². The Labute approximate surface area is 154 Å². The standard InChI is InChI=1S/C18H16ClN5O2/c19-13-1-2-14-12(5-8-26-15(14)10-13)9-16(25)21-18-22-17(23-24-18)11-3-6-20-7-4-11/h1-4,6-7,10,12H,5,8-9H2,(H2,21,22,23,24,25). The van der Waals surface area contributed by atoms with Gasteiger partial charge in [0.25, 0.3) is 0 Å². The summed E-state index contributed by atoms with van der Waals surface area (Å²) in [5, 5.41) is 10.2. The molecule has 3 aromatic rings. The van der Waals surface area contributed by atoms with Gasteiger partial charge in [-0.25, -0.2) is 0 Å². The van der Waals surface area contributed by atoms with E-state index in [0.29, 0.717) is 23.9 Å². The van der Waals surface area contributed by atoms with E-state index in [1.54, 1.807) is 18.5 Å². The number of anilines is 1. The molecule has 1 aliphatic rings. The molecular formula is C18H16ClN5O2. The van der Waals surface area contributed by atoms with Crippen LogP contribution >= 0.6 is 11.6 Å². The number of carbonyl (C=O) groups is 1. The van der Waals surface area contributed by atoms with Crippen molar-refractivity contribution in [2.45, 2.75) is 18.8 Å². The minimum absolute atomic E-state index is 0.0784. The summed E-state index contributed by atoms with van der Waals surface area (Å²) in [5.41, 5.74) is 1.85. The summed E-state index contributed by atoms with van der Waals surface area (Å²) >= 11 is 6.01. The zero-order valence-corrected chi connectivity index (χ0v) is 14.5. The van der Waals surface area contributed by atoms with E-state index in [1.165, 1.54) is 0 Å². The van der Waals surface area contributed by atoms with E-state index in [4.69, 9.17) is 16.3 Å². The molecule has 0 fully saturated rings. The summed E-state index contributed by atoms with van der Waals surface area (Å²) in [6, 6.07) is 9.16. The molecule has 1 aromatic carbocycles. The first-order valence-electron chi connectivity index (χ1n) is 8.24. The molecule has 2 N–H and O–H groups in total. The van der Waals surface area contributed by atoms with Gasteiger partial charge >= 0.3 is 0 Å². The van der Waals surface area contributed by atoms with Crippen LogP contribution in [0.1, 0.15) is 24.3 Å². The molecule has 1 unspecified atom stereocenters. The van der Waals surface area contributed by atoms with Gasteiger partial charge in [-0.15, -0.1) is 5.10 Å². The Balaban J connectivity index is 1.43. The van der Waals surface area contributed by atoms with E-state index >= 15 is 0 Å². The Morgan fingerprint density at radius 1 is 1.31 bits per heavy atom. The topological polar surface area (TPSA) is 92.8 Å². The van der Waals surface area contributed by atoms with Crippen molar-refractivity contribution >= 4 is 23.5 Å². The maximum Gasteiger partial charge on any atom is 0.249 e. The van der Waals surface area contributed by atoms with E-state index in [2.05, 4.69) is 25.5 Å². The third-order valence-corrected chi connectivity index (χ3v) is 4.50. The quantitative estimate of drug-likeness (QED) is 0.735. The molecule has 7 nitrogen and oxygen atoms in total. The molecule has 4 rings (SSSR count). The van der Waals surface area contributed by atoms with Crippen molar-refractivity contribution in [2.75, 3.05) is 11.9 Å². The Kier molecular flexibility index (Phi) is 4.53. The number of aromatic nitrogens is 4. The largest absolute Gasteiger partial charge is 0.493 e. The molecule has 1 atom stereocenters. The molecular weight excluding hydrogens is 354 g/mol. The van der Waals surface area contributed by atoms with Gasteiger partial charge in [-0.2, -0.15) is 4.98 Å². The third-order valence-electron chi connectivity index (χ3n) is 4.26. The number of amides is 1. The summed E-state index contributed by atoms with van der Waals surface area (Å²) in [4.78, 5) is 20.7. The number of halogens is 1. The monoisotopic (exact) mass is 369 g/mol. The van der Waals surface area contributed by atoms with E-state index in [1.807, 2.05) is 24.3 Å². The van der Waals surface area contributed by atoms with Gasteiger partial charge in [-0.05, 0) is 42.2 Å². The maximum atomic E-state index is 12.4. The van der Waals surface area contributed by atoms with Crippen LogP contribution in [0, 0.1) is 0 Å². The van der Waals surface area contributed by atoms with Crippen LogP contribution < -0.4 is 10.1 Å². The highest BCUT2D eigenvalue weighted by atomic mass is 35.5. The fourth-order valence-corrected chi connectivity index (χ4v) is 3.17. The molecule has 0 aliphatic carbocycles. The highest BCUT2D eigenvalue weighted by Gasteiger charge is 2.24. The third kappa shape index (κ3) is 3.52. The van der Waals surface area contributed by atoms with Crippen LogP contribution in [0.2, 0.25) is 5.02 Å². The van der Waals surface area contributed by atoms with Crippen molar-refractivity contribution in [3.8, 4) is 17.1 Å². The number of nitrogens with one attached hydrogen (secondary N) is 2. The van der Waals surface area contributed by atoms with Crippen LogP contribution in [0.5, 0.6) is 5.75 Å². The van der Waals surface area contributed by atoms with Crippen LogP contribution in [-0.2, 0) is 4.79 Å². The summed E-state index contributed by atoms with van der Waals surface area (Å²) < 4.78 is 5.64. The predicted molar refractivity (Wildman–Crippen MR) is 97.2 cm³/mol. The lowest BCUT2D eigenvalue weighted by atomic mass is 9.90.